The predicted molar refractivity (Wildman–Crippen MR) is 55.8 cm³/mol. The Morgan fingerprint density at radius 1 is 1.36 bits per heavy atom. The van der Waals surface area contributed by atoms with Gasteiger partial charge in [-0.05, 0) is 36.2 Å². The Balaban J connectivity index is 2.59. The summed E-state index contributed by atoms with van der Waals surface area (Å²) in [4.78, 5) is 4.30. The van der Waals surface area contributed by atoms with E-state index in [2.05, 4.69) is 17.1 Å². The second kappa shape index (κ2) is 3.47. The molecule has 0 bridgehead atoms. The van der Waals surface area contributed by atoms with Crippen LogP contribution in [0.4, 0.5) is 0 Å². The van der Waals surface area contributed by atoms with E-state index < -0.39 is 0 Å². The third kappa shape index (κ3) is 1.57. The smallest absolute Gasteiger partial charge is 0.0702 e. The zero-order valence-electron chi connectivity index (χ0n) is 7.99. The minimum Gasteiger partial charge on any atom is -0.256 e. The molecule has 0 N–H and O–H groups in total. The van der Waals surface area contributed by atoms with Crippen molar-refractivity contribution in [3.63, 3.8) is 0 Å². The molecule has 0 aliphatic carbocycles. The quantitative estimate of drug-likeness (QED) is 0.679. The first kappa shape index (κ1) is 8.71. The van der Waals surface area contributed by atoms with E-state index >= 15 is 0 Å². The standard InChI is InChI=1S/C12H10N2/c1-9-6-11-7-10(4-5-13)2-3-12(11)14-8-9/h2-3,6-8H,4H2,1H3. The first-order valence-electron chi connectivity index (χ1n) is 4.52. The van der Waals surface area contributed by atoms with Gasteiger partial charge in [-0.3, -0.25) is 4.98 Å². The Hall–Kier alpha value is -1.88. The highest BCUT2D eigenvalue weighted by molar-refractivity contribution is 5.79. The molecule has 1 aromatic heterocycles. The van der Waals surface area contributed by atoms with Crippen molar-refractivity contribution in [2.75, 3.05) is 0 Å². The van der Waals surface area contributed by atoms with Crippen LogP contribution in [0, 0.1) is 18.3 Å². The van der Waals surface area contributed by atoms with Gasteiger partial charge in [0.25, 0.3) is 0 Å². The predicted octanol–water partition coefficient (Wildman–Crippen LogP) is 2.61. The van der Waals surface area contributed by atoms with Gasteiger partial charge >= 0.3 is 0 Å². The number of aromatic nitrogens is 1. The highest BCUT2D eigenvalue weighted by atomic mass is 14.6. The normalized spacial score (nSPS) is 10.0. The summed E-state index contributed by atoms with van der Waals surface area (Å²) >= 11 is 0. The lowest BCUT2D eigenvalue weighted by molar-refractivity contribution is 1.26. The van der Waals surface area contributed by atoms with Crippen LogP contribution in [0.15, 0.2) is 30.5 Å². The second-order valence-corrected chi connectivity index (χ2v) is 3.37. The van der Waals surface area contributed by atoms with E-state index in [0.29, 0.717) is 6.42 Å². The molecule has 0 radical (unpaired) electrons. The van der Waals surface area contributed by atoms with Crippen LogP contribution >= 0.6 is 0 Å². The average molecular weight is 182 g/mol. The van der Waals surface area contributed by atoms with Gasteiger partial charge in [-0.1, -0.05) is 6.07 Å². The molecule has 0 amide bonds. The van der Waals surface area contributed by atoms with Crippen molar-refractivity contribution < 1.29 is 0 Å². The number of aryl methyl sites for hydroxylation is 1. The van der Waals surface area contributed by atoms with Gasteiger partial charge in [-0.25, -0.2) is 0 Å². The highest BCUT2D eigenvalue weighted by Gasteiger charge is 1.97. The summed E-state index contributed by atoms with van der Waals surface area (Å²) in [6.45, 7) is 2.02. The Labute approximate surface area is 82.8 Å². The molecule has 1 heterocycles. The minimum absolute atomic E-state index is 0.462. The summed E-state index contributed by atoms with van der Waals surface area (Å²) in [6, 6.07) is 10.2. The van der Waals surface area contributed by atoms with Gasteiger partial charge in [0.2, 0.25) is 0 Å². The number of nitriles is 1. The van der Waals surface area contributed by atoms with E-state index in [0.717, 1.165) is 22.0 Å². The maximum Gasteiger partial charge on any atom is 0.0702 e. The van der Waals surface area contributed by atoms with Crippen LogP contribution < -0.4 is 0 Å². The molecule has 68 valence electrons. The molecule has 14 heavy (non-hydrogen) atoms. The van der Waals surface area contributed by atoms with E-state index in [-0.39, 0.29) is 0 Å². The van der Waals surface area contributed by atoms with Crippen LogP contribution in [0.25, 0.3) is 10.9 Å². The van der Waals surface area contributed by atoms with Gasteiger partial charge in [0.05, 0.1) is 18.0 Å². The molecule has 0 saturated heterocycles. The summed E-state index contributed by atoms with van der Waals surface area (Å²) in [5, 5.41) is 9.69. The van der Waals surface area contributed by atoms with Crippen molar-refractivity contribution in [3.05, 3.63) is 41.6 Å². The Bertz CT molecular complexity index is 509. The molecule has 2 aromatic rings. The third-order valence-corrected chi connectivity index (χ3v) is 2.17. The topological polar surface area (TPSA) is 36.7 Å². The third-order valence-electron chi connectivity index (χ3n) is 2.17. The minimum atomic E-state index is 0.462. The Kier molecular flexibility index (Phi) is 2.16. The average Bonchev–Trinajstić information content (AvgIpc) is 2.17. The maximum atomic E-state index is 8.58. The second-order valence-electron chi connectivity index (χ2n) is 3.37. The monoisotopic (exact) mass is 182 g/mol. The van der Waals surface area contributed by atoms with Gasteiger partial charge in [0, 0.05) is 11.6 Å². The summed E-state index contributed by atoms with van der Waals surface area (Å²) in [6.07, 6.45) is 2.32. The maximum absolute atomic E-state index is 8.58. The number of pyridine rings is 1. The lowest BCUT2D eigenvalue weighted by Gasteiger charge is -2.00. The zero-order valence-corrected chi connectivity index (χ0v) is 7.99. The number of benzene rings is 1. The Morgan fingerprint density at radius 2 is 2.21 bits per heavy atom. The molecule has 0 aliphatic rings. The largest absolute Gasteiger partial charge is 0.256 e. The van der Waals surface area contributed by atoms with Gasteiger partial charge in [-0.2, -0.15) is 5.26 Å². The van der Waals surface area contributed by atoms with Crippen LogP contribution in [0.3, 0.4) is 0 Å². The molecular weight excluding hydrogens is 172 g/mol. The van der Waals surface area contributed by atoms with Crippen molar-refractivity contribution in [2.45, 2.75) is 13.3 Å². The van der Waals surface area contributed by atoms with E-state index in [1.807, 2.05) is 31.3 Å². The van der Waals surface area contributed by atoms with Crippen molar-refractivity contribution in [1.29, 1.82) is 5.26 Å². The lowest BCUT2D eigenvalue weighted by Crippen LogP contribution is -1.85. The number of nitrogens with zero attached hydrogens (tertiary/aromatic N) is 2. The summed E-state index contributed by atoms with van der Waals surface area (Å²) < 4.78 is 0. The van der Waals surface area contributed by atoms with Crippen LogP contribution in [0.2, 0.25) is 0 Å². The first-order valence-corrected chi connectivity index (χ1v) is 4.52. The van der Waals surface area contributed by atoms with Crippen LogP contribution in [-0.2, 0) is 6.42 Å². The molecule has 0 saturated carbocycles. The van der Waals surface area contributed by atoms with Crippen molar-refractivity contribution in [3.8, 4) is 6.07 Å². The Morgan fingerprint density at radius 3 is 3.00 bits per heavy atom. The molecule has 0 aliphatic heterocycles. The number of fused-ring (bicyclic) bond motifs is 1. The number of hydrogen-bond donors (Lipinski definition) is 0. The fourth-order valence-electron chi connectivity index (χ4n) is 1.49. The fraction of sp³-hybridized carbons (Fsp3) is 0.167. The van der Waals surface area contributed by atoms with E-state index in [1.54, 1.807) is 0 Å². The van der Waals surface area contributed by atoms with Gasteiger partial charge in [0.1, 0.15) is 0 Å². The molecule has 2 rings (SSSR count). The number of rotatable bonds is 1. The molecule has 0 spiro atoms. The molecule has 0 fully saturated rings. The van der Waals surface area contributed by atoms with E-state index in [9.17, 15) is 0 Å². The molecule has 1 aromatic carbocycles. The van der Waals surface area contributed by atoms with Crippen LogP contribution in [-0.4, -0.2) is 4.98 Å². The van der Waals surface area contributed by atoms with Gasteiger partial charge in [0.15, 0.2) is 0 Å². The molecular formula is C12H10N2. The summed E-state index contributed by atoms with van der Waals surface area (Å²) in [7, 11) is 0. The lowest BCUT2D eigenvalue weighted by atomic mass is 10.1. The van der Waals surface area contributed by atoms with Crippen molar-refractivity contribution in [2.24, 2.45) is 0 Å². The first-order chi connectivity index (χ1) is 6.79. The summed E-state index contributed by atoms with van der Waals surface area (Å²) in [5.41, 5.74) is 3.18. The van der Waals surface area contributed by atoms with E-state index in [4.69, 9.17) is 5.26 Å². The van der Waals surface area contributed by atoms with Gasteiger partial charge < -0.3 is 0 Å². The van der Waals surface area contributed by atoms with Crippen LogP contribution in [0.1, 0.15) is 11.1 Å². The SMILES string of the molecule is Cc1cnc2ccc(CC#N)cc2c1. The molecule has 2 nitrogen and oxygen atoms in total. The van der Waals surface area contributed by atoms with E-state index in [1.165, 1.54) is 0 Å². The number of hydrogen-bond acceptors (Lipinski definition) is 2. The summed E-state index contributed by atoms with van der Waals surface area (Å²) in [5.74, 6) is 0. The molecule has 2 heteroatoms. The highest BCUT2D eigenvalue weighted by Crippen LogP contribution is 2.15. The zero-order chi connectivity index (χ0) is 9.97. The molecule has 0 unspecified atom stereocenters. The van der Waals surface area contributed by atoms with Crippen molar-refractivity contribution >= 4 is 10.9 Å². The van der Waals surface area contributed by atoms with Crippen LogP contribution in [0.5, 0.6) is 0 Å². The fourth-order valence-corrected chi connectivity index (χ4v) is 1.49. The molecule has 0 atom stereocenters. The van der Waals surface area contributed by atoms with Gasteiger partial charge in [-0.15, -0.1) is 0 Å². The van der Waals surface area contributed by atoms with Crippen molar-refractivity contribution in [1.82, 2.24) is 4.98 Å².